The van der Waals surface area contributed by atoms with Crippen LogP contribution in [0.4, 0.5) is 0 Å². The maximum atomic E-state index is 5.36. The van der Waals surface area contributed by atoms with Crippen molar-refractivity contribution in [2.75, 3.05) is 6.54 Å². The van der Waals surface area contributed by atoms with E-state index in [1.54, 1.807) is 28.9 Å². The van der Waals surface area contributed by atoms with Gasteiger partial charge in [-0.2, -0.15) is 11.3 Å². The van der Waals surface area contributed by atoms with E-state index in [1.807, 2.05) is 12.1 Å². The Labute approximate surface area is 167 Å². The Morgan fingerprint density at radius 3 is 2.79 bits per heavy atom. The molecule has 0 saturated heterocycles. The van der Waals surface area contributed by atoms with Crippen molar-refractivity contribution in [3.05, 3.63) is 68.9 Å². The SMILES string of the molecule is I.c1coc(CCNC(=NCc2ccsc2)NCc2cccs2)c1. The highest BCUT2D eigenvalue weighted by Crippen LogP contribution is 2.08. The van der Waals surface area contributed by atoms with Crippen molar-refractivity contribution in [1.29, 1.82) is 0 Å². The molecule has 4 nitrogen and oxygen atoms in total. The molecule has 3 rings (SSSR count). The molecule has 0 radical (unpaired) electrons. The van der Waals surface area contributed by atoms with Crippen molar-refractivity contribution >= 4 is 52.6 Å². The molecule has 3 heterocycles. The summed E-state index contributed by atoms with van der Waals surface area (Å²) in [6, 6.07) is 10.2. The number of furan rings is 1. The molecule has 128 valence electrons. The van der Waals surface area contributed by atoms with Crippen LogP contribution in [0.5, 0.6) is 0 Å². The molecule has 0 aliphatic heterocycles. The summed E-state index contributed by atoms with van der Waals surface area (Å²) in [5.74, 6) is 1.81. The van der Waals surface area contributed by atoms with Crippen molar-refractivity contribution in [3.8, 4) is 0 Å². The highest BCUT2D eigenvalue weighted by molar-refractivity contribution is 14.0. The van der Waals surface area contributed by atoms with Gasteiger partial charge < -0.3 is 15.1 Å². The summed E-state index contributed by atoms with van der Waals surface area (Å²) in [7, 11) is 0. The number of halogens is 1. The molecule has 2 N–H and O–H groups in total. The minimum atomic E-state index is 0. The average molecular weight is 473 g/mol. The zero-order valence-corrected chi connectivity index (χ0v) is 17.1. The van der Waals surface area contributed by atoms with E-state index in [-0.39, 0.29) is 24.0 Å². The quantitative estimate of drug-likeness (QED) is 0.302. The molecule has 7 heteroatoms. The molecule has 0 aromatic carbocycles. The molecule has 0 atom stereocenters. The van der Waals surface area contributed by atoms with Crippen molar-refractivity contribution < 1.29 is 4.42 Å². The molecule has 0 aliphatic rings. The van der Waals surface area contributed by atoms with Gasteiger partial charge >= 0.3 is 0 Å². The van der Waals surface area contributed by atoms with Crippen LogP contribution in [-0.4, -0.2) is 12.5 Å². The minimum absolute atomic E-state index is 0. The number of thiophene rings is 2. The summed E-state index contributed by atoms with van der Waals surface area (Å²) in [6.45, 7) is 2.26. The smallest absolute Gasteiger partial charge is 0.191 e. The fraction of sp³-hybridized carbons (Fsp3) is 0.235. The normalized spacial score (nSPS) is 11.1. The van der Waals surface area contributed by atoms with Crippen molar-refractivity contribution in [3.63, 3.8) is 0 Å². The zero-order valence-electron chi connectivity index (χ0n) is 13.1. The standard InChI is InChI=1S/C17H19N3OS2.HI/c1-3-15(21-8-1)5-7-18-17(19-11-14-6-10-22-13-14)20-12-16-4-2-9-23-16;/h1-4,6,8-10,13H,5,7,11-12H2,(H2,18,19,20);1H. The Kier molecular flexibility index (Phi) is 8.34. The molecule has 3 aromatic rings. The van der Waals surface area contributed by atoms with Crippen molar-refractivity contribution in [2.45, 2.75) is 19.5 Å². The predicted octanol–water partition coefficient (Wildman–Crippen LogP) is 4.50. The van der Waals surface area contributed by atoms with Crippen LogP contribution in [0.25, 0.3) is 0 Å². The molecule has 0 fully saturated rings. The first-order valence-corrected chi connectivity index (χ1v) is 9.30. The molecule has 0 saturated carbocycles. The lowest BCUT2D eigenvalue weighted by Gasteiger charge is -2.11. The predicted molar refractivity (Wildman–Crippen MR) is 112 cm³/mol. The van der Waals surface area contributed by atoms with E-state index in [0.29, 0.717) is 6.54 Å². The number of hydrogen-bond acceptors (Lipinski definition) is 4. The van der Waals surface area contributed by atoms with Crippen LogP contribution in [0.3, 0.4) is 0 Å². The lowest BCUT2D eigenvalue weighted by atomic mass is 10.3. The van der Waals surface area contributed by atoms with E-state index in [2.05, 4.69) is 50.0 Å². The third kappa shape index (κ3) is 6.29. The number of guanidine groups is 1. The number of rotatable bonds is 7. The summed E-state index contributed by atoms with van der Waals surface area (Å²) in [6.07, 6.45) is 2.54. The molecule has 0 spiro atoms. The van der Waals surface area contributed by atoms with Crippen LogP contribution >= 0.6 is 46.7 Å². The monoisotopic (exact) mass is 473 g/mol. The van der Waals surface area contributed by atoms with E-state index in [0.717, 1.165) is 31.2 Å². The maximum Gasteiger partial charge on any atom is 0.191 e. The van der Waals surface area contributed by atoms with Gasteiger partial charge in [0.1, 0.15) is 5.76 Å². The van der Waals surface area contributed by atoms with Gasteiger partial charge in [0.25, 0.3) is 0 Å². The van der Waals surface area contributed by atoms with Crippen molar-refractivity contribution in [2.24, 2.45) is 4.99 Å². The molecular formula is C17H20IN3OS2. The third-order valence-electron chi connectivity index (χ3n) is 3.25. The van der Waals surface area contributed by atoms with Gasteiger partial charge in [0.15, 0.2) is 5.96 Å². The van der Waals surface area contributed by atoms with Gasteiger partial charge in [0.2, 0.25) is 0 Å². The van der Waals surface area contributed by atoms with E-state index >= 15 is 0 Å². The van der Waals surface area contributed by atoms with Crippen LogP contribution in [-0.2, 0) is 19.5 Å². The number of aliphatic imine (C=N–C) groups is 1. The molecule has 0 aliphatic carbocycles. The summed E-state index contributed by atoms with van der Waals surface area (Å²) in [4.78, 5) is 5.95. The highest BCUT2D eigenvalue weighted by Gasteiger charge is 2.02. The Bertz CT molecular complexity index is 694. The first-order valence-electron chi connectivity index (χ1n) is 7.48. The van der Waals surface area contributed by atoms with Gasteiger partial charge in [-0.25, -0.2) is 4.99 Å². The molecule has 0 amide bonds. The largest absolute Gasteiger partial charge is 0.469 e. The molecule has 3 aromatic heterocycles. The van der Waals surface area contributed by atoms with Crippen LogP contribution in [0.2, 0.25) is 0 Å². The third-order valence-corrected chi connectivity index (χ3v) is 4.86. The highest BCUT2D eigenvalue weighted by atomic mass is 127. The number of nitrogens with zero attached hydrogens (tertiary/aromatic N) is 1. The van der Waals surface area contributed by atoms with E-state index in [1.165, 1.54) is 10.4 Å². The van der Waals surface area contributed by atoms with Gasteiger partial charge in [0, 0.05) is 17.8 Å². The summed E-state index contributed by atoms with van der Waals surface area (Å²) >= 11 is 3.44. The number of nitrogens with one attached hydrogen (secondary N) is 2. The maximum absolute atomic E-state index is 5.36. The van der Waals surface area contributed by atoms with Gasteiger partial charge in [-0.3, -0.25) is 0 Å². The second-order valence-electron chi connectivity index (χ2n) is 4.99. The van der Waals surface area contributed by atoms with Crippen LogP contribution in [0, 0.1) is 0 Å². The van der Waals surface area contributed by atoms with Crippen LogP contribution < -0.4 is 10.6 Å². The van der Waals surface area contributed by atoms with Gasteiger partial charge in [-0.05, 0) is 46.0 Å². The van der Waals surface area contributed by atoms with Crippen LogP contribution in [0.1, 0.15) is 16.2 Å². The van der Waals surface area contributed by atoms with E-state index in [9.17, 15) is 0 Å². The van der Waals surface area contributed by atoms with Crippen molar-refractivity contribution in [1.82, 2.24) is 10.6 Å². The molecular weight excluding hydrogens is 453 g/mol. The molecule has 0 unspecified atom stereocenters. The van der Waals surface area contributed by atoms with Gasteiger partial charge in [-0.15, -0.1) is 35.3 Å². The second kappa shape index (κ2) is 10.5. The fourth-order valence-corrected chi connectivity index (χ4v) is 3.37. The summed E-state index contributed by atoms with van der Waals surface area (Å²) in [5.41, 5.74) is 1.23. The van der Waals surface area contributed by atoms with E-state index in [4.69, 9.17) is 4.42 Å². The summed E-state index contributed by atoms with van der Waals surface area (Å²) < 4.78 is 5.36. The summed E-state index contributed by atoms with van der Waals surface area (Å²) in [5, 5.41) is 13.0. The Morgan fingerprint density at radius 2 is 2.08 bits per heavy atom. The minimum Gasteiger partial charge on any atom is -0.469 e. The lowest BCUT2D eigenvalue weighted by Crippen LogP contribution is -2.37. The fourth-order valence-electron chi connectivity index (χ4n) is 2.07. The average Bonchev–Trinajstić information content (AvgIpc) is 3.33. The first-order chi connectivity index (χ1) is 11.4. The van der Waals surface area contributed by atoms with Gasteiger partial charge in [0.05, 0.1) is 19.4 Å². The van der Waals surface area contributed by atoms with Crippen LogP contribution in [0.15, 0.2) is 62.1 Å². The number of hydrogen-bond donors (Lipinski definition) is 2. The lowest BCUT2D eigenvalue weighted by molar-refractivity contribution is 0.506. The Hall–Kier alpha value is -1.32. The molecule has 24 heavy (non-hydrogen) atoms. The van der Waals surface area contributed by atoms with Gasteiger partial charge in [-0.1, -0.05) is 6.07 Å². The topological polar surface area (TPSA) is 49.6 Å². The second-order valence-corrected chi connectivity index (χ2v) is 6.80. The Morgan fingerprint density at radius 1 is 1.12 bits per heavy atom. The zero-order chi connectivity index (χ0) is 15.7. The first kappa shape index (κ1) is 19.0. The Balaban J connectivity index is 0.00000208. The van der Waals surface area contributed by atoms with E-state index < -0.39 is 0 Å². The molecule has 0 bridgehead atoms.